The molecule has 1 rings (SSSR count). The smallest absolute Gasteiger partial charge is 0.245 e. The lowest BCUT2D eigenvalue weighted by atomic mass is 10.2. The Balaban J connectivity index is 2.79. The molecule has 2 amide bonds. The number of hydrogen-bond acceptors (Lipinski definition) is 3. The highest BCUT2D eigenvalue weighted by atomic mass is 16.2. The molecule has 0 bridgehead atoms. The van der Waals surface area contributed by atoms with Crippen molar-refractivity contribution in [2.45, 2.75) is 13.0 Å². The molecule has 5 heteroatoms. The zero-order chi connectivity index (χ0) is 9.14. The maximum absolute atomic E-state index is 11.0. The second kappa shape index (κ2) is 3.34. The number of nitrogens with two attached hydrogens (primary N) is 1. The highest BCUT2D eigenvalue weighted by Crippen LogP contribution is 2.02. The van der Waals surface area contributed by atoms with E-state index in [1.165, 1.54) is 18.0 Å². The van der Waals surface area contributed by atoms with Crippen LogP contribution < -0.4 is 5.73 Å². The molecule has 1 atom stereocenters. The van der Waals surface area contributed by atoms with Gasteiger partial charge in [-0.25, -0.2) is 0 Å². The zero-order valence-corrected chi connectivity index (χ0v) is 6.86. The average Bonchev–Trinajstić information content (AvgIpc) is 2.04. The SMILES string of the molecule is CC(=O)N1CCN=CC1C(N)=O. The van der Waals surface area contributed by atoms with E-state index in [4.69, 9.17) is 5.73 Å². The Morgan fingerprint density at radius 3 is 2.75 bits per heavy atom. The molecule has 0 spiro atoms. The van der Waals surface area contributed by atoms with Crippen molar-refractivity contribution in [3.05, 3.63) is 0 Å². The summed E-state index contributed by atoms with van der Waals surface area (Å²) < 4.78 is 0. The first-order valence-electron chi connectivity index (χ1n) is 3.69. The van der Waals surface area contributed by atoms with Crippen LogP contribution in [0.1, 0.15) is 6.92 Å². The number of rotatable bonds is 1. The Labute approximate surface area is 70.2 Å². The molecule has 0 fully saturated rings. The normalized spacial score (nSPS) is 22.4. The van der Waals surface area contributed by atoms with Crippen LogP contribution in [0.25, 0.3) is 0 Å². The van der Waals surface area contributed by atoms with Crippen LogP contribution in [-0.4, -0.2) is 42.1 Å². The molecule has 12 heavy (non-hydrogen) atoms. The van der Waals surface area contributed by atoms with E-state index in [2.05, 4.69) is 4.99 Å². The highest BCUT2D eigenvalue weighted by Gasteiger charge is 2.25. The fourth-order valence-electron chi connectivity index (χ4n) is 1.14. The van der Waals surface area contributed by atoms with Crippen molar-refractivity contribution in [2.75, 3.05) is 13.1 Å². The Kier molecular flexibility index (Phi) is 2.42. The minimum atomic E-state index is -0.656. The first-order valence-corrected chi connectivity index (χ1v) is 3.69. The molecular formula is C7H11N3O2. The van der Waals surface area contributed by atoms with Gasteiger partial charge < -0.3 is 10.6 Å². The summed E-state index contributed by atoms with van der Waals surface area (Å²) in [7, 11) is 0. The number of amides is 2. The van der Waals surface area contributed by atoms with Crippen molar-refractivity contribution in [3.63, 3.8) is 0 Å². The Hall–Kier alpha value is -1.39. The largest absolute Gasteiger partial charge is 0.368 e. The molecule has 0 aliphatic carbocycles. The molecular weight excluding hydrogens is 158 g/mol. The predicted octanol–water partition coefficient (Wildman–Crippen LogP) is -1.23. The molecule has 66 valence electrons. The van der Waals surface area contributed by atoms with Crippen molar-refractivity contribution in [3.8, 4) is 0 Å². The van der Waals surface area contributed by atoms with Gasteiger partial charge in [-0.05, 0) is 0 Å². The van der Waals surface area contributed by atoms with Gasteiger partial charge in [0.15, 0.2) is 0 Å². The molecule has 1 aliphatic heterocycles. The summed E-state index contributed by atoms with van der Waals surface area (Å²) in [6.07, 6.45) is 1.42. The Morgan fingerprint density at radius 1 is 1.67 bits per heavy atom. The molecule has 0 aromatic heterocycles. The second-order valence-electron chi connectivity index (χ2n) is 2.61. The van der Waals surface area contributed by atoms with Gasteiger partial charge in [-0.15, -0.1) is 0 Å². The predicted molar refractivity (Wildman–Crippen MR) is 43.7 cm³/mol. The van der Waals surface area contributed by atoms with E-state index in [1.807, 2.05) is 0 Å². The summed E-state index contributed by atoms with van der Waals surface area (Å²) in [6.45, 7) is 2.43. The van der Waals surface area contributed by atoms with Gasteiger partial charge in [0.1, 0.15) is 6.04 Å². The highest BCUT2D eigenvalue weighted by molar-refractivity contribution is 6.00. The van der Waals surface area contributed by atoms with Crippen LogP contribution in [0.15, 0.2) is 4.99 Å². The van der Waals surface area contributed by atoms with Crippen molar-refractivity contribution in [1.29, 1.82) is 0 Å². The van der Waals surface area contributed by atoms with Gasteiger partial charge in [0, 0.05) is 19.7 Å². The summed E-state index contributed by atoms with van der Waals surface area (Å²) in [5.41, 5.74) is 5.07. The van der Waals surface area contributed by atoms with Gasteiger partial charge in [0.2, 0.25) is 11.8 Å². The third-order valence-corrected chi connectivity index (χ3v) is 1.75. The minimum absolute atomic E-state index is 0.148. The van der Waals surface area contributed by atoms with Crippen LogP contribution in [0.3, 0.4) is 0 Å². The van der Waals surface area contributed by atoms with E-state index in [9.17, 15) is 9.59 Å². The maximum Gasteiger partial charge on any atom is 0.245 e. The number of primary amides is 1. The third kappa shape index (κ3) is 1.61. The molecule has 1 heterocycles. The van der Waals surface area contributed by atoms with Gasteiger partial charge in [-0.1, -0.05) is 0 Å². The number of nitrogens with zero attached hydrogens (tertiary/aromatic N) is 2. The van der Waals surface area contributed by atoms with E-state index < -0.39 is 11.9 Å². The van der Waals surface area contributed by atoms with Crippen LogP contribution in [-0.2, 0) is 9.59 Å². The third-order valence-electron chi connectivity index (χ3n) is 1.75. The van der Waals surface area contributed by atoms with Crippen molar-refractivity contribution in [1.82, 2.24) is 4.90 Å². The minimum Gasteiger partial charge on any atom is -0.368 e. The van der Waals surface area contributed by atoms with E-state index in [1.54, 1.807) is 0 Å². The van der Waals surface area contributed by atoms with Gasteiger partial charge in [0.05, 0.1) is 6.54 Å². The van der Waals surface area contributed by atoms with Crippen LogP contribution >= 0.6 is 0 Å². The summed E-state index contributed by atoms with van der Waals surface area (Å²) in [5, 5.41) is 0. The first-order chi connectivity index (χ1) is 5.63. The summed E-state index contributed by atoms with van der Waals surface area (Å²) in [6, 6.07) is -0.656. The lowest BCUT2D eigenvalue weighted by Gasteiger charge is -2.28. The fourth-order valence-corrected chi connectivity index (χ4v) is 1.14. The topological polar surface area (TPSA) is 75.8 Å². The van der Waals surface area contributed by atoms with Crippen molar-refractivity contribution < 1.29 is 9.59 Å². The quantitative estimate of drug-likeness (QED) is 0.533. The van der Waals surface area contributed by atoms with Crippen LogP contribution in [0.2, 0.25) is 0 Å². The van der Waals surface area contributed by atoms with Crippen molar-refractivity contribution in [2.24, 2.45) is 10.7 Å². The molecule has 5 nitrogen and oxygen atoms in total. The number of aliphatic imine (C=N–C) groups is 1. The molecule has 0 aromatic carbocycles. The molecule has 0 saturated heterocycles. The number of carbonyl (C=O) groups is 2. The lowest BCUT2D eigenvalue weighted by molar-refractivity contribution is -0.135. The van der Waals surface area contributed by atoms with E-state index in [0.29, 0.717) is 13.1 Å². The second-order valence-corrected chi connectivity index (χ2v) is 2.61. The summed E-state index contributed by atoms with van der Waals surface area (Å²) in [5.74, 6) is -0.682. The molecule has 0 radical (unpaired) electrons. The zero-order valence-electron chi connectivity index (χ0n) is 6.86. The summed E-state index contributed by atoms with van der Waals surface area (Å²) in [4.78, 5) is 27.1. The molecule has 0 saturated carbocycles. The van der Waals surface area contributed by atoms with E-state index >= 15 is 0 Å². The first kappa shape index (κ1) is 8.70. The molecule has 0 aromatic rings. The molecule has 1 unspecified atom stereocenters. The Bertz CT molecular complexity index is 237. The number of hydrogen-bond donors (Lipinski definition) is 1. The molecule has 1 aliphatic rings. The van der Waals surface area contributed by atoms with Gasteiger partial charge in [0.25, 0.3) is 0 Å². The standard InChI is InChI=1S/C7H11N3O2/c1-5(11)10-3-2-9-4-6(10)7(8)12/h4,6H,2-3H2,1H3,(H2,8,12). The fraction of sp³-hybridized carbons (Fsp3) is 0.571. The monoisotopic (exact) mass is 169 g/mol. The van der Waals surface area contributed by atoms with Crippen LogP contribution in [0, 0.1) is 0 Å². The van der Waals surface area contributed by atoms with Crippen molar-refractivity contribution >= 4 is 18.0 Å². The van der Waals surface area contributed by atoms with Crippen LogP contribution in [0.4, 0.5) is 0 Å². The maximum atomic E-state index is 11.0. The van der Waals surface area contributed by atoms with Crippen LogP contribution in [0.5, 0.6) is 0 Å². The van der Waals surface area contributed by atoms with Gasteiger partial charge in [-0.2, -0.15) is 0 Å². The van der Waals surface area contributed by atoms with E-state index in [-0.39, 0.29) is 5.91 Å². The van der Waals surface area contributed by atoms with E-state index in [0.717, 1.165) is 0 Å². The lowest BCUT2D eigenvalue weighted by Crippen LogP contribution is -2.51. The van der Waals surface area contributed by atoms with Gasteiger partial charge in [-0.3, -0.25) is 14.6 Å². The average molecular weight is 169 g/mol. The number of carbonyl (C=O) groups excluding carboxylic acids is 2. The summed E-state index contributed by atoms with van der Waals surface area (Å²) >= 11 is 0. The molecule has 2 N–H and O–H groups in total. The van der Waals surface area contributed by atoms with Gasteiger partial charge >= 0.3 is 0 Å². The Morgan fingerprint density at radius 2 is 2.33 bits per heavy atom.